The lowest BCUT2D eigenvalue weighted by Crippen LogP contribution is -2.36. The molecule has 3 N–H and O–H groups in total. The molecule has 0 aliphatic heterocycles. The highest BCUT2D eigenvalue weighted by Gasteiger charge is 2.27. The summed E-state index contributed by atoms with van der Waals surface area (Å²) in [4.78, 5) is 18.1. The maximum atomic E-state index is 11.8. The van der Waals surface area contributed by atoms with Gasteiger partial charge in [-0.15, -0.1) is 24.0 Å². The number of guanidine groups is 1. The third kappa shape index (κ3) is 5.82. The quantitative estimate of drug-likeness (QED) is 0.302. The van der Waals surface area contributed by atoms with Gasteiger partial charge in [-0.25, -0.2) is 0 Å². The Hall–Kier alpha value is -0.830. The van der Waals surface area contributed by atoms with E-state index in [2.05, 4.69) is 26.2 Å². The molecule has 0 radical (unpaired) electrons. The molecule has 0 unspecified atom stereocenters. The second kappa shape index (κ2) is 8.57. The minimum absolute atomic E-state index is 0. The molecule has 0 saturated heterocycles. The number of nitrogens with two attached hydrogens (primary N) is 1. The van der Waals surface area contributed by atoms with E-state index in [1.54, 1.807) is 12.1 Å². The normalized spacial score (nSPS) is 14.3. The van der Waals surface area contributed by atoms with Crippen molar-refractivity contribution in [2.45, 2.75) is 18.9 Å². The highest BCUT2D eigenvalue weighted by Crippen LogP contribution is 2.24. The first kappa shape index (κ1) is 18.2. The van der Waals surface area contributed by atoms with Gasteiger partial charge in [-0.2, -0.15) is 0 Å². The van der Waals surface area contributed by atoms with E-state index < -0.39 is 0 Å². The molecule has 1 aliphatic rings. The summed E-state index contributed by atoms with van der Waals surface area (Å²) in [5, 5.41) is 2.82. The SMILES string of the molecule is CN(C(N)=NCCNC(=O)c1ccc(Br)cc1)C1CC1.I. The fourth-order valence-corrected chi connectivity index (χ4v) is 2.07. The Balaban J connectivity index is 0.00000220. The first-order valence-electron chi connectivity index (χ1n) is 6.64. The molecule has 1 aromatic rings. The maximum Gasteiger partial charge on any atom is 0.251 e. The molecule has 1 amide bonds. The van der Waals surface area contributed by atoms with Crippen molar-refractivity contribution in [3.63, 3.8) is 0 Å². The van der Waals surface area contributed by atoms with Gasteiger partial charge in [0.2, 0.25) is 0 Å². The van der Waals surface area contributed by atoms with Gasteiger partial charge in [0.15, 0.2) is 5.96 Å². The van der Waals surface area contributed by atoms with Gasteiger partial charge in [-0.1, -0.05) is 15.9 Å². The van der Waals surface area contributed by atoms with E-state index in [0.29, 0.717) is 30.7 Å². The van der Waals surface area contributed by atoms with Crippen molar-refractivity contribution in [2.24, 2.45) is 10.7 Å². The van der Waals surface area contributed by atoms with E-state index >= 15 is 0 Å². The zero-order valence-corrected chi connectivity index (χ0v) is 15.8. The minimum Gasteiger partial charge on any atom is -0.370 e. The van der Waals surface area contributed by atoms with Gasteiger partial charge < -0.3 is 16.0 Å². The predicted molar refractivity (Wildman–Crippen MR) is 99.2 cm³/mol. The second-order valence-electron chi connectivity index (χ2n) is 4.84. The molecule has 0 heterocycles. The van der Waals surface area contributed by atoms with E-state index in [1.165, 1.54) is 12.8 Å². The van der Waals surface area contributed by atoms with Crippen LogP contribution >= 0.6 is 39.9 Å². The highest BCUT2D eigenvalue weighted by molar-refractivity contribution is 14.0. The first-order chi connectivity index (χ1) is 9.58. The molecule has 1 aliphatic carbocycles. The summed E-state index contributed by atoms with van der Waals surface area (Å²) < 4.78 is 0.953. The predicted octanol–water partition coefficient (Wildman–Crippen LogP) is 2.21. The fraction of sp³-hybridized carbons (Fsp3) is 0.429. The zero-order chi connectivity index (χ0) is 14.5. The summed E-state index contributed by atoms with van der Waals surface area (Å²) in [5.41, 5.74) is 6.50. The highest BCUT2D eigenvalue weighted by atomic mass is 127. The van der Waals surface area contributed by atoms with Crippen LogP contribution < -0.4 is 11.1 Å². The Kier molecular flexibility index (Phi) is 7.44. The lowest BCUT2D eigenvalue weighted by molar-refractivity contribution is 0.0955. The first-order valence-corrected chi connectivity index (χ1v) is 7.44. The topological polar surface area (TPSA) is 70.7 Å². The second-order valence-corrected chi connectivity index (χ2v) is 5.76. The van der Waals surface area contributed by atoms with Crippen LogP contribution in [0.1, 0.15) is 23.2 Å². The number of aliphatic imine (C=N–C) groups is 1. The smallest absolute Gasteiger partial charge is 0.251 e. The largest absolute Gasteiger partial charge is 0.370 e. The lowest BCUT2D eigenvalue weighted by atomic mass is 10.2. The van der Waals surface area contributed by atoms with Gasteiger partial charge >= 0.3 is 0 Å². The molecular formula is C14H20BrIN4O. The van der Waals surface area contributed by atoms with Gasteiger partial charge in [0.1, 0.15) is 0 Å². The number of carbonyl (C=O) groups is 1. The van der Waals surface area contributed by atoms with Gasteiger partial charge in [-0.05, 0) is 37.1 Å². The number of hydrogen-bond acceptors (Lipinski definition) is 2. The Bertz CT molecular complexity index is 502. The van der Waals surface area contributed by atoms with Gasteiger partial charge in [-0.3, -0.25) is 9.79 Å². The molecule has 0 aromatic heterocycles. The molecule has 0 atom stereocenters. The van der Waals surface area contributed by atoms with Crippen LogP contribution in [-0.2, 0) is 0 Å². The molecule has 1 saturated carbocycles. The molecule has 0 spiro atoms. The fourth-order valence-electron chi connectivity index (χ4n) is 1.80. The van der Waals surface area contributed by atoms with Gasteiger partial charge in [0, 0.05) is 29.7 Å². The Morgan fingerprint density at radius 2 is 2.05 bits per heavy atom. The van der Waals surface area contributed by atoms with Crippen molar-refractivity contribution >= 4 is 51.8 Å². The molecule has 2 rings (SSSR count). The van der Waals surface area contributed by atoms with Crippen molar-refractivity contribution in [3.05, 3.63) is 34.3 Å². The van der Waals surface area contributed by atoms with Crippen molar-refractivity contribution in [2.75, 3.05) is 20.1 Å². The monoisotopic (exact) mass is 466 g/mol. The molecule has 21 heavy (non-hydrogen) atoms. The summed E-state index contributed by atoms with van der Waals surface area (Å²) in [5.74, 6) is 0.451. The number of amides is 1. The molecule has 7 heteroatoms. The van der Waals surface area contributed by atoms with E-state index in [0.717, 1.165) is 4.47 Å². The number of carbonyl (C=O) groups excluding carboxylic acids is 1. The summed E-state index contributed by atoms with van der Waals surface area (Å²) in [7, 11) is 1.96. The Morgan fingerprint density at radius 1 is 1.43 bits per heavy atom. The summed E-state index contributed by atoms with van der Waals surface area (Å²) in [6.07, 6.45) is 2.38. The molecule has 5 nitrogen and oxygen atoms in total. The van der Waals surface area contributed by atoms with Gasteiger partial charge in [0.05, 0.1) is 6.54 Å². The van der Waals surface area contributed by atoms with Crippen molar-refractivity contribution in [3.8, 4) is 0 Å². The van der Waals surface area contributed by atoms with Crippen LogP contribution in [-0.4, -0.2) is 42.9 Å². The summed E-state index contributed by atoms with van der Waals surface area (Å²) >= 11 is 3.34. The number of hydrogen-bond donors (Lipinski definition) is 2. The number of nitrogens with zero attached hydrogens (tertiary/aromatic N) is 2. The van der Waals surface area contributed by atoms with E-state index in [4.69, 9.17) is 5.73 Å². The maximum absolute atomic E-state index is 11.8. The summed E-state index contributed by atoms with van der Waals surface area (Å²) in [6.45, 7) is 0.971. The molecule has 1 fully saturated rings. The van der Waals surface area contributed by atoms with Crippen LogP contribution in [0.2, 0.25) is 0 Å². The van der Waals surface area contributed by atoms with Crippen LogP contribution in [0.15, 0.2) is 33.7 Å². The van der Waals surface area contributed by atoms with E-state index in [9.17, 15) is 4.79 Å². The average Bonchev–Trinajstić information content (AvgIpc) is 3.27. The van der Waals surface area contributed by atoms with Crippen LogP contribution in [0.4, 0.5) is 0 Å². The minimum atomic E-state index is -0.0955. The van der Waals surface area contributed by atoms with Crippen LogP contribution in [0, 0.1) is 0 Å². The third-order valence-corrected chi connectivity index (χ3v) is 3.76. The zero-order valence-electron chi connectivity index (χ0n) is 11.9. The lowest BCUT2D eigenvalue weighted by Gasteiger charge is -2.16. The van der Waals surface area contributed by atoms with Crippen molar-refractivity contribution in [1.29, 1.82) is 0 Å². The van der Waals surface area contributed by atoms with E-state index in [1.807, 2.05) is 24.1 Å². The number of rotatable bonds is 5. The van der Waals surface area contributed by atoms with Crippen LogP contribution in [0.25, 0.3) is 0 Å². The summed E-state index contributed by atoms with van der Waals surface area (Å²) in [6, 6.07) is 7.79. The Morgan fingerprint density at radius 3 is 2.62 bits per heavy atom. The van der Waals surface area contributed by atoms with Crippen molar-refractivity contribution in [1.82, 2.24) is 10.2 Å². The third-order valence-electron chi connectivity index (χ3n) is 3.23. The molecular weight excluding hydrogens is 447 g/mol. The standard InChI is InChI=1S/C14H19BrN4O.HI/c1-19(12-6-7-12)14(16)18-9-8-17-13(20)10-2-4-11(15)5-3-10;/h2-5,12H,6-9H2,1H3,(H2,16,18)(H,17,20);1H. The molecule has 116 valence electrons. The number of benzene rings is 1. The molecule has 1 aromatic carbocycles. The Labute approximate surface area is 150 Å². The average molecular weight is 467 g/mol. The molecule has 0 bridgehead atoms. The van der Waals surface area contributed by atoms with Crippen LogP contribution in [0.3, 0.4) is 0 Å². The number of nitrogens with one attached hydrogen (secondary N) is 1. The van der Waals surface area contributed by atoms with Crippen LogP contribution in [0.5, 0.6) is 0 Å². The van der Waals surface area contributed by atoms with E-state index in [-0.39, 0.29) is 29.9 Å². The van der Waals surface area contributed by atoms with Crippen molar-refractivity contribution < 1.29 is 4.79 Å². The van der Waals surface area contributed by atoms with Gasteiger partial charge in [0.25, 0.3) is 5.91 Å². The number of halogens is 2.